The first kappa shape index (κ1) is 16.5. The van der Waals surface area contributed by atoms with Gasteiger partial charge in [-0.1, -0.05) is 12.1 Å². The van der Waals surface area contributed by atoms with Gasteiger partial charge in [-0.2, -0.15) is 0 Å². The Bertz CT molecular complexity index is 637. The monoisotopic (exact) mass is 330 g/mol. The van der Waals surface area contributed by atoms with Gasteiger partial charge < -0.3 is 15.0 Å². The minimum Gasteiger partial charge on any atom is -0.452 e. The zero-order chi connectivity index (χ0) is 17.1. The largest absolute Gasteiger partial charge is 0.452 e. The van der Waals surface area contributed by atoms with Crippen LogP contribution in [0.25, 0.3) is 0 Å². The fourth-order valence-electron chi connectivity index (χ4n) is 2.72. The molecule has 1 saturated heterocycles. The van der Waals surface area contributed by atoms with E-state index in [0.29, 0.717) is 6.42 Å². The van der Waals surface area contributed by atoms with Crippen molar-refractivity contribution in [2.45, 2.75) is 51.2 Å². The van der Waals surface area contributed by atoms with Gasteiger partial charge in [0.25, 0.3) is 5.91 Å². The van der Waals surface area contributed by atoms with Crippen molar-refractivity contribution >= 4 is 23.5 Å². The maximum atomic E-state index is 12.0. The van der Waals surface area contributed by atoms with E-state index in [4.69, 9.17) is 4.74 Å². The van der Waals surface area contributed by atoms with Crippen LogP contribution in [0.5, 0.6) is 0 Å². The Morgan fingerprint density at radius 2 is 2.00 bits per heavy atom. The van der Waals surface area contributed by atoms with Crippen LogP contribution >= 0.6 is 0 Å². The molecule has 24 heavy (non-hydrogen) atoms. The van der Waals surface area contributed by atoms with E-state index in [1.54, 1.807) is 11.8 Å². The molecule has 1 aliphatic heterocycles. The molecule has 0 bridgehead atoms. The van der Waals surface area contributed by atoms with Gasteiger partial charge in [0, 0.05) is 24.7 Å². The number of nitrogens with zero attached hydrogens (tertiary/aromatic N) is 1. The summed E-state index contributed by atoms with van der Waals surface area (Å²) in [6.45, 7) is 2.32. The number of hydrogen-bond acceptors (Lipinski definition) is 4. The van der Waals surface area contributed by atoms with Crippen LogP contribution in [0.2, 0.25) is 0 Å². The number of amides is 2. The molecular weight excluding hydrogens is 308 g/mol. The number of nitrogens with one attached hydrogen (secondary N) is 1. The Balaban J connectivity index is 1.50. The summed E-state index contributed by atoms with van der Waals surface area (Å²) < 4.78 is 5.18. The molecule has 0 aromatic heterocycles. The van der Waals surface area contributed by atoms with Crippen LogP contribution < -0.4 is 10.2 Å². The van der Waals surface area contributed by atoms with Gasteiger partial charge in [0.2, 0.25) is 5.91 Å². The molecule has 6 nitrogen and oxygen atoms in total. The number of benzene rings is 1. The number of carbonyl (C=O) groups excluding carboxylic acids is 3. The van der Waals surface area contributed by atoms with Gasteiger partial charge in [0.15, 0.2) is 6.10 Å². The Morgan fingerprint density at radius 3 is 2.58 bits per heavy atom. The van der Waals surface area contributed by atoms with Crippen LogP contribution in [0.15, 0.2) is 24.3 Å². The van der Waals surface area contributed by atoms with E-state index < -0.39 is 12.1 Å². The van der Waals surface area contributed by atoms with E-state index in [1.165, 1.54) is 0 Å². The fraction of sp³-hybridized carbons (Fsp3) is 0.500. The molecule has 2 amide bonds. The first-order chi connectivity index (χ1) is 11.5. The highest BCUT2D eigenvalue weighted by molar-refractivity contribution is 5.95. The molecule has 2 fully saturated rings. The Labute approximate surface area is 141 Å². The highest BCUT2D eigenvalue weighted by Crippen LogP contribution is 2.22. The highest BCUT2D eigenvalue weighted by atomic mass is 16.5. The number of carbonyl (C=O) groups is 3. The number of anilines is 1. The molecule has 128 valence electrons. The standard InChI is InChI=1S/C18H22N2O4/c1-12(18(23)19-14-6-7-14)24-17(22)11-13-4-8-15(9-5-13)20-10-2-3-16(20)21/h4-5,8-9,12,14H,2-3,6-7,10-11H2,1H3,(H,19,23). The minimum atomic E-state index is -0.778. The molecule has 0 spiro atoms. The summed E-state index contributed by atoms with van der Waals surface area (Å²) in [5, 5.41) is 2.81. The van der Waals surface area contributed by atoms with E-state index in [9.17, 15) is 14.4 Å². The van der Waals surface area contributed by atoms with Crippen molar-refractivity contribution in [1.82, 2.24) is 5.32 Å². The van der Waals surface area contributed by atoms with Crippen LogP contribution in [0.3, 0.4) is 0 Å². The second-order valence-electron chi connectivity index (χ2n) is 6.41. The minimum absolute atomic E-state index is 0.106. The van der Waals surface area contributed by atoms with Gasteiger partial charge in [-0.3, -0.25) is 14.4 Å². The molecule has 1 heterocycles. The third kappa shape index (κ3) is 4.13. The molecule has 6 heteroatoms. The van der Waals surface area contributed by atoms with Crippen molar-refractivity contribution in [3.8, 4) is 0 Å². The molecule has 1 aromatic rings. The van der Waals surface area contributed by atoms with Crippen LogP contribution in [0.1, 0.15) is 38.2 Å². The smallest absolute Gasteiger partial charge is 0.311 e. The summed E-state index contributed by atoms with van der Waals surface area (Å²) >= 11 is 0. The Hall–Kier alpha value is -2.37. The second-order valence-corrected chi connectivity index (χ2v) is 6.41. The summed E-state index contributed by atoms with van der Waals surface area (Å²) in [6.07, 6.45) is 2.80. The lowest BCUT2D eigenvalue weighted by Crippen LogP contribution is -2.37. The van der Waals surface area contributed by atoms with E-state index in [2.05, 4.69) is 5.32 Å². The van der Waals surface area contributed by atoms with Gasteiger partial charge >= 0.3 is 5.97 Å². The number of esters is 1. The molecule has 2 aliphatic rings. The van der Waals surface area contributed by atoms with E-state index in [1.807, 2.05) is 24.3 Å². The Morgan fingerprint density at radius 1 is 1.29 bits per heavy atom. The summed E-state index contributed by atoms with van der Waals surface area (Å²) in [7, 11) is 0. The van der Waals surface area contributed by atoms with Crippen molar-refractivity contribution < 1.29 is 19.1 Å². The van der Waals surface area contributed by atoms with Gasteiger partial charge in [-0.15, -0.1) is 0 Å². The normalized spacial score (nSPS) is 18.4. The maximum Gasteiger partial charge on any atom is 0.311 e. The summed E-state index contributed by atoms with van der Waals surface area (Å²) in [4.78, 5) is 37.2. The third-order valence-corrected chi connectivity index (χ3v) is 4.27. The Kier molecular flexibility index (Phi) is 4.83. The second kappa shape index (κ2) is 7.03. The molecule has 3 rings (SSSR count). The predicted molar refractivity (Wildman–Crippen MR) is 88.5 cm³/mol. The lowest BCUT2D eigenvalue weighted by molar-refractivity contribution is -0.154. The van der Waals surface area contributed by atoms with Crippen molar-refractivity contribution in [1.29, 1.82) is 0 Å². The number of rotatable bonds is 6. The SMILES string of the molecule is CC(OC(=O)Cc1ccc(N2CCCC2=O)cc1)C(=O)NC1CC1. The fourth-order valence-corrected chi connectivity index (χ4v) is 2.72. The number of hydrogen-bond donors (Lipinski definition) is 1. The molecule has 1 aromatic carbocycles. The predicted octanol–water partition coefficient (Wildman–Crippen LogP) is 1.57. The van der Waals surface area contributed by atoms with Crippen molar-refractivity contribution in [3.63, 3.8) is 0 Å². The lowest BCUT2D eigenvalue weighted by atomic mass is 10.1. The van der Waals surface area contributed by atoms with E-state index >= 15 is 0 Å². The van der Waals surface area contributed by atoms with Crippen molar-refractivity contribution in [2.24, 2.45) is 0 Å². The van der Waals surface area contributed by atoms with Gasteiger partial charge in [0.05, 0.1) is 6.42 Å². The van der Waals surface area contributed by atoms with Crippen LogP contribution in [-0.2, 0) is 25.5 Å². The van der Waals surface area contributed by atoms with Gasteiger partial charge in [0.1, 0.15) is 0 Å². The first-order valence-corrected chi connectivity index (χ1v) is 8.42. The molecule has 1 atom stereocenters. The zero-order valence-corrected chi connectivity index (χ0v) is 13.8. The highest BCUT2D eigenvalue weighted by Gasteiger charge is 2.27. The summed E-state index contributed by atoms with van der Waals surface area (Å²) in [5.74, 6) is -0.537. The molecule has 1 aliphatic carbocycles. The summed E-state index contributed by atoms with van der Waals surface area (Å²) in [5.41, 5.74) is 1.65. The first-order valence-electron chi connectivity index (χ1n) is 8.42. The zero-order valence-electron chi connectivity index (χ0n) is 13.8. The number of ether oxygens (including phenoxy) is 1. The molecule has 1 saturated carbocycles. The average Bonchev–Trinajstić information content (AvgIpc) is 3.26. The molecule has 0 radical (unpaired) electrons. The van der Waals surface area contributed by atoms with Crippen LogP contribution in [0.4, 0.5) is 5.69 Å². The quantitative estimate of drug-likeness (QED) is 0.803. The topological polar surface area (TPSA) is 75.7 Å². The van der Waals surface area contributed by atoms with Crippen LogP contribution in [0, 0.1) is 0 Å². The molecular formula is C18H22N2O4. The molecule has 1 unspecified atom stereocenters. The van der Waals surface area contributed by atoms with E-state index in [-0.39, 0.29) is 24.3 Å². The van der Waals surface area contributed by atoms with Crippen LogP contribution in [-0.4, -0.2) is 36.5 Å². The average molecular weight is 330 g/mol. The lowest BCUT2D eigenvalue weighted by Gasteiger charge is -2.16. The van der Waals surface area contributed by atoms with Crippen molar-refractivity contribution in [3.05, 3.63) is 29.8 Å². The summed E-state index contributed by atoms with van der Waals surface area (Å²) in [6, 6.07) is 7.57. The van der Waals surface area contributed by atoms with Gasteiger partial charge in [-0.25, -0.2) is 0 Å². The maximum absolute atomic E-state index is 12.0. The van der Waals surface area contributed by atoms with E-state index in [0.717, 1.165) is 37.1 Å². The molecule has 1 N–H and O–H groups in total. The third-order valence-electron chi connectivity index (χ3n) is 4.27. The van der Waals surface area contributed by atoms with Crippen molar-refractivity contribution in [2.75, 3.05) is 11.4 Å². The van der Waals surface area contributed by atoms with Gasteiger partial charge in [-0.05, 0) is 43.9 Å².